The highest BCUT2D eigenvalue weighted by Crippen LogP contribution is 2.26. The van der Waals surface area contributed by atoms with Crippen LogP contribution in [0.4, 0.5) is 4.79 Å². The quantitative estimate of drug-likeness (QED) is 0.154. The molecule has 56 heavy (non-hydrogen) atoms. The van der Waals surface area contributed by atoms with Gasteiger partial charge < -0.3 is 50.4 Å². The summed E-state index contributed by atoms with van der Waals surface area (Å²) in [4.78, 5) is 109. The lowest BCUT2D eigenvalue weighted by Crippen LogP contribution is -2.62. The fourth-order valence-corrected chi connectivity index (χ4v) is 6.34. The molecule has 3 aliphatic rings. The highest BCUT2D eigenvalue weighted by atomic mass is 16.6. The van der Waals surface area contributed by atoms with Crippen molar-refractivity contribution in [2.24, 2.45) is 11.8 Å². The van der Waals surface area contributed by atoms with Crippen LogP contribution in [0, 0.1) is 11.8 Å². The molecule has 0 spiro atoms. The number of nitrogens with zero attached hydrogens (tertiary/aromatic N) is 2. The summed E-state index contributed by atoms with van der Waals surface area (Å²) < 4.78 is 21.4. The minimum Gasteiger partial charge on any atom is -0.468 e. The summed E-state index contributed by atoms with van der Waals surface area (Å²) in [5, 5.41) is 12.9. The van der Waals surface area contributed by atoms with Crippen molar-refractivity contribution in [2.75, 3.05) is 46.6 Å². The van der Waals surface area contributed by atoms with E-state index in [1.807, 2.05) is 0 Å². The molecule has 2 fully saturated rings. The lowest BCUT2D eigenvalue weighted by atomic mass is 9.99. The smallest absolute Gasteiger partial charge is 0.410 e. The topological polar surface area (TPSA) is 240 Å². The maximum atomic E-state index is 13.9. The summed E-state index contributed by atoms with van der Waals surface area (Å²) in [5.74, 6) is -5.71. The Morgan fingerprint density at radius 1 is 0.821 bits per heavy atom. The number of carbonyl (C=O) groups is 8. The number of carbonyl (C=O) groups excluding carboxylic acids is 8. The summed E-state index contributed by atoms with van der Waals surface area (Å²) in [6.45, 7) is 11.5. The summed E-state index contributed by atoms with van der Waals surface area (Å²) in [6.07, 6.45) is 2.75. The molecule has 0 bridgehead atoms. The van der Waals surface area contributed by atoms with Crippen molar-refractivity contribution >= 4 is 47.5 Å². The van der Waals surface area contributed by atoms with Gasteiger partial charge in [0.1, 0.15) is 42.4 Å². The molecule has 0 aromatic heterocycles. The van der Waals surface area contributed by atoms with Crippen LogP contribution in [0.15, 0.2) is 12.2 Å². The van der Waals surface area contributed by atoms with E-state index in [0.29, 0.717) is 32.2 Å². The molecule has 0 saturated carbocycles. The Balaban J connectivity index is 1.82. The molecule has 3 heterocycles. The van der Waals surface area contributed by atoms with Crippen molar-refractivity contribution in [3.63, 3.8) is 0 Å². The van der Waals surface area contributed by atoms with Gasteiger partial charge in [0.15, 0.2) is 0 Å². The highest BCUT2D eigenvalue weighted by Gasteiger charge is 2.44. The molecular weight excluding hydrogens is 734 g/mol. The third-order valence-corrected chi connectivity index (χ3v) is 9.30. The molecule has 2 saturated heterocycles. The molecule has 5 N–H and O–H groups in total. The zero-order valence-electron chi connectivity index (χ0n) is 33.6. The minimum absolute atomic E-state index is 0.0612. The Kier molecular flexibility index (Phi) is 17.1. The molecule has 0 aromatic carbocycles. The predicted octanol–water partition coefficient (Wildman–Crippen LogP) is -0.522. The Morgan fingerprint density at radius 3 is 2.00 bits per heavy atom. The molecule has 0 aliphatic carbocycles. The fourth-order valence-electron chi connectivity index (χ4n) is 6.34. The molecule has 19 heteroatoms. The molecule has 19 nitrogen and oxygen atoms in total. The Morgan fingerprint density at radius 2 is 1.39 bits per heavy atom. The molecule has 6 unspecified atom stereocenters. The third-order valence-electron chi connectivity index (χ3n) is 9.30. The first-order chi connectivity index (χ1) is 26.3. The van der Waals surface area contributed by atoms with E-state index < -0.39 is 102 Å². The van der Waals surface area contributed by atoms with Crippen LogP contribution in [0.5, 0.6) is 0 Å². The normalized spacial score (nSPS) is 25.9. The fraction of sp³-hybridized carbons (Fsp3) is 0.730. The van der Waals surface area contributed by atoms with Crippen LogP contribution in [0.3, 0.4) is 0 Å². The standard InChI is InChI=1S/C37H59N7O12/c1-21(2)27-31(48)41-28(22(3)4)32(49)42-34(33(50)38-19-26(45)53-8)55-18-10-9-17-54-20-23(29(46)40-27)39-30(47)24-13-11-15-43(24)35(51)25-14-12-16-44(25)36(52)56-37(5,6)7/h9-10,21-25,27-28,34H,11-20H2,1-8H3,(H,38,50)(H,39,47)(H,40,46)(H,41,48)(H,42,49). The monoisotopic (exact) mass is 793 g/mol. The second kappa shape index (κ2) is 20.9. The average Bonchev–Trinajstić information content (AvgIpc) is 3.82. The van der Waals surface area contributed by atoms with E-state index in [2.05, 4.69) is 31.3 Å². The van der Waals surface area contributed by atoms with E-state index in [4.69, 9.17) is 14.2 Å². The van der Waals surface area contributed by atoms with E-state index in [1.165, 1.54) is 22.0 Å². The molecule has 0 aromatic rings. The Hall–Kier alpha value is -4.78. The van der Waals surface area contributed by atoms with Gasteiger partial charge in [-0.1, -0.05) is 39.8 Å². The predicted molar refractivity (Wildman–Crippen MR) is 199 cm³/mol. The van der Waals surface area contributed by atoms with E-state index in [0.717, 1.165) is 7.11 Å². The van der Waals surface area contributed by atoms with E-state index >= 15 is 0 Å². The molecule has 0 radical (unpaired) electrons. The average molecular weight is 794 g/mol. The van der Waals surface area contributed by atoms with Crippen molar-refractivity contribution in [1.82, 2.24) is 36.4 Å². The van der Waals surface area contributed by atoms with Crippen molar-refractivity contribution < 1.29 is 57.3 Å². The maximum absolute atomic E-state index is 13.9. The molecule has 3 aliphatic heterocycles. The van der Waals surface area contributed by atoms with Gasteiger partial charge in [0.2, 0.25) is 35.8 Å². The zero-order chi connectivity index (χ0) is 41.7. The lowest BCUT2D eigenvalue weighted by Gasteiger charge is -2.33. The molecule has 314 valence electrons. The van der Waals surface area contributed by atoms with Crippen molar-refractivity contribution in [2.45, 2.75) is 116 Å². The number of amides is 7. The van der Waals surface area contributed by atoms with Gasteiger partial charge in [-0.15, -0.1) is 0 Å². The molecule has 3 rings (SSSR count). The number of methoxy groups -OCH3 is 1. The second-order valence-electron chi connectivity index (χ2n) is 15.6. The minimum atomic E-state index is -1.55. The largest absolute Gasteiger partial charge is 0.468 e. The third kappa shape index (κ3) is 13.2. The molecular formula is C37H59N7O12. The number of esters is 1. The van der Waals surface area contributed by atoms with Crippen LogP contribution in [-0.4, -0.2) is 146 Å². The van der Waals surface area contributed by atoms with Crippen molar-refractivity contribution in [3.05, 3.63) is 12.2 Å². The SMILES string of the molecule is COC(=O)CNC(=O)C1NC(=O)C(C(C)C)NC(=O)C(C(C)C)NC(=O)C(NC(=O)C2CCCN2C(=O)C2CCCN2C(=O)OC(C)(C)C)COCC=CCO1. The number of rotatable bonds is 8. The van der Waals surface area contributed by atoms with Crippen molar-refractivity contribution in [1.29, 1.82) is 0 Å². The van der Waals surface area contributed by atoms with Crippen LogP contribution in [-0.2, 0) is 52.5 Å². The van der Waals surface area contributed by atoms with Gasteiger partial charge in [0.25, 0.3) is 5.91 Å². The maximum Gasteiger partial charge on any atom is 0.410 e. The number of ether oxygens (including phenoxy) is 4. The summed E-state index contributed by atoms with van der Waals surface area (Å²) in [6, 6.07) is -5.37. The van der Waals surface area contributed by atoms with Gasteiger partial charge in [-0.05, 0) is 58.3 Å². The summed E-state index contributed by atoms with van der Waals surface area (Å²) in [5.41, 5.74) is -0.756. The Labute approximate surface area is 327 Å². The summed E-state index contributed by atoms with van der Waals surface area (Å²) in [7, 11) is 1.15. The number of likely N-dealkylation sites (tertiary alicyclic amines) is 2. The highest BCUT2D eigenvalue weighted by molar-refractivity contribution is 5.97. The first-order valence-electron chi connectivity index (χ1n) is 19.0. The van der Waals surface area contributed by atoms with E-state index in [1.54, 1.807) is 48.5 Å². The van der Waals surface area contributed by atoms with E-state index in [-0.39, 0.29) is 32.3 Å². The van der Waals surface area contributed by atoms with Gasteiger partial charge in [0.05, 0.1) is 26.9 Å². The number of nitrogens with one attached hydrogen (secondary N) is 5. The number of hydrogen-bond donors (Lipinski definition) is 5. The van der Waals surface area contributed by atoms with Gasteiger partial charge in [0, 0.05) is 13.1 Å². The van der Waals surface area contributed by atoms with Crippen LogP contribution in [0.25, 0.3) is 0 Å². The van der Waals surface area contributed by atoms with Crippen LogP contribution in [0.1, 0.15) is 74.1 Å². The van der Waals surface area contributed by atoms with Crippen LogP contribution < -0.4 is 26.6 Å². The van der Waals surface area contributed by atoms with E-state index in [9.17, 15) is 38.4 Å². The lowest BCUT2D eigenvalue weighted by molar-refractivity contribution is -0.145. The van der Waals surface area contributed by atoms with Crippen molar-refractivity contribution in [3.8, 4) is 0 Å². The zero-order valence-corrected chi connectivity index (χ0v) is 33.6. The molecule has 6 atom stereocenters. The first kappa shape index (κ1) is 45.6. The summed E-state index contributed by atoms with van der Waals surface area (Å²) >= 11 is 0. The van der Waals surface area contributed by atoms with Gasteiger partial charge in [-0.3, -0.25) is 38.5 Å². The van der Waals surface area contributed by atoms with Crippen LogP contribution >= 0.6 is 0 Å². The molecule has 7 amide bonds. The second-order valence-corrected chi connectivity index (χ2v) is 15.6. The number of hydrogen-bond acceptors (Lipinski definition) is 12. The van der Waals surface area contributed by atoms with Gasteiger partial charge >= 0.3 is 12.1 Å². The Bertz CT molecular complexity index is 1480. The first-order valence-corrected chi connectivity index (χ1v) is 19.0. The van der Waals surface area contributed by atoms with Gasteiger partial charge in [-0.25, -0.2) is 4.79 Å². The van der Waals surface area contributed by atoms with Gasteiger partial charge in [-0.2, -0.15) is 0 Å². The van der Waals surface area contributed by atoms with Crippen LogP contribution in [0.2, 0.25) is 0 Å².